The van der Waals surface area contributed by atoms with Crippen molar-refractivity contribution in [3.8, 4) is 17.2 Å². The normalized spacial score (nSPS) is 12.1. The first-order chi connectivity index (χ1) is 14.9. The van der Waals surface area contributed by atoms with Crippen molar-refractivity contribution in [3.63, 3.8) is 0 Å². The number of aromatic hydroxyl groups is 1. The van der Waals surface area contributed by atoms with Crippen LogP contribution in [0.4, 0.5) is 0 Å². The van der Waals surface area contributed by atoms with Gasteiger partial charge in [-0.05, 0) is 45.5 Å². The first-order valence-electron chi connectivity index (χ1n) is 10.4. The number of hydrogen-bond acceptors (Lipinski definition) is 7. The van der Waals surface area contributed by atoms with Crippen LogP contribution >= 0.6 is 11.8 Å². The first kappa shape index (κ1) is 23.8. The number of thioether (sulfide) groups is 1. The number of benzene rings is 2. The summed E-state index contributed by atoms with van der Waals surface area (Å²) in [5.74, 6) is 0.999. The van der Waals surface area contributed by atoms with Gasteiger partial charge in [0.25, 0.3) is 0 Å². The van der Waals surface area contributed by atoms with Crippen molar-refractivity contribution < 1.29 is 14.6 Å². The summed E-state index contributed by atoms with van der Waals surface area (Å²) in [5.41, 5.74) is 2.18. The SMILES string of the molecule is COc1ccccc1-n1nnnc1SCC(=O)c1cc(C(C)(C)C)c(O)c(C(C)(C)C)c1. The molecule has 0 atom stereocenters. The second-order valence-electron chi connectivity index (χ2n) is 9.68. The number of ketones is 1. The Morgan fingerprint density at radius 1 is 1.06 bits per heavy atom. The molecular weight excluding hydrogens is 424 g/mol. The van der Waals surface area contributed by atoms with Gasteiger partial charge in [0.1, 0.15) is 17.2 Å². The average Bonchev–Trinajstić information content (AvgIpc) is 3.18. The highest BCUT2D eigenvalue weighted by molar-refractivity contribution is 7.99. The number of phenolic OH excluding ortho intramolecular Hbond substituents is 1. The van der Waals surface area contributed by atoms with Crippen molar-refractivity contribution in [3.05, 3.63) is 53.1 Å². The number of carbonyl (C=O) groups excluding carboxylic acids is 1. The third kappa shape index (κ3) is 4.96. The zero-order valence-corrected chi connectivity index (χ0v) is 20.4. The monoisotopic (exact) mass is 454 g/mol. The van der Waals surface area contributed by atoms with Crippen molar-refractivity contribution in [2.75, 3.05) is 12.9 Å². The Kier molecular flexibility index (Phi) is 6.64. The lowest BCUT2D eigenvalue weighted by atomic mass is 9.78. The molecule has 0 saturated carbocycles. The van der Waals surface area contributed by atoms with Crippen molar-refractivity contribution in [1.29, 1.82) is 0 Å². The highest BCUT2D eigenvalue weighted by Crippen LogP contribution is 2.40. The molecule has 8 heteroatoms. The van der Waals surface area contributed by atoms with E-state index in [1.54, 1.807) is 23.9 Å². The minimum atomic E-state index is -0.304. The van der Waals surface area contributed by atoms with Gasteiger partial charge in [-0.15, -0.1) is 5.10 Å². The third-order valence-corrected chi connectivity index (χ3v) is 6.05. The van der Waals surface area contributed by atoms with Gasteiger partial charge in [0, 0.05) is 16.7 Å². The summed E-state index contributed by atoms with van der Waals surface area (Å²) >= 11 is 1.26. The van der Waals surface area contributed by atoms with E-state index in [-0.39, 0.29) is 28.1 Å². The van der Waals surface area contributed by atoms with Crippen LogP contribution in [0.2, 0.25) is 0 Å². The highest BCUT2D eigenvalue weighted by atomic mass is 32.2. The maximum atomic E-state index is 13.2. The van der Waals surface area contributed by atoms with Crippen LogP contribution in [0.1, 0.15) is 63.0 Å². The summed E-state index contributed by atoms with van der Waals surface area (Å²) in [6.07, 6.45) is 0. The quantitative estimate of drug-likeness (QED) is 0.416. The van der Waals surface area contributed by atoms with Gasteiger partial charge in [0.05, 0.1) is 12.9 Å². The molecular formula is C24H30N4O3S. The molecule has 0 aliphatic carbocycles. The number of nitrogens with zero attached hydrogens (tertiary/aromatic N) is 4. The molecule has 0 spiro atoms. The largest absolute Gasteiger partial charge is 0.507 e. The predicted molar refractivity (Wildman–Crippen MR) is 126 cm³/mol. The first-order valence-corrected chi connectivity index (χ1v) is 11.4. The number of aromatic nitrogens is 4. The summed E-state index contributed by atoms with van der Waals surface area (Å²) in [5, 5.41) is 23.3. The molecule has 1 heterocycles. The second kappa shape index (κ2) is 8.94. The third-order valence-electron chi connectivity index (χ3n) is 5.13. The fraction of sp³-hybridized carbons (Fsp3) is 0.417. The Hall–Kier alpha value is -2.87. The number of tetrazole rings is 1. The maximum Gasteiger partial charge on any atom is 0.214 e. The van der Waals surface area contributed by atoms with Crippen LogP contribution in [0.3, 0.4) is 0 Å². The van der Waals surface area contributed by atoms with Crippen LogP contribution < -0.4 is 4.74 Å². The molecule has 0 radical (unpaired) electrons. The van der Waals surface area contributed by atoms with Gasteiger partial charge in [0.15, 0.2) is 5.78 Å². The summed E-state index contributed by atoms with van der Waals surface area (Å²) in [6.45, 7) is 12.2. The van der Waals surface area contributed by atoms with Gasteiger partial charge in [0.2, 0.25) is 5.16 Å². The number of hydrogen-bond donors (Lipinski definition) is 1. The predicted octanol–water partition coefficient (Wildman–Crippen LogP) is 4.95. The molecule has 32 heavy (non-hydrogen) atoms. The molecule has 3 aromatic rings. The maximum absolute atomic E-state index is 13.2. The summed E-state index contributed by atoms with van der Waals surface area (Å²) < 4.78 is 6.97. The van der Waals surface area contributed by atoms with Crippen LogP contribution in [-0.2, 0) is 10.8 Å². The molecule has 0 saturated heterocycles. The number of rotatable bonds is 6. The van der Waals surface area contributed by atoms with E-state index in [0.29, 0.717) is 22.2 Å². The molecule has 170 valence electrons. The van der Waals surface area contributed by atoms with E-state index >= 15 is 0 Å². The van der Waals surface area contributed by atoms with Gasteiger partial charge in [-0.25, -0.2) is 0 Å². The van der Waals surface area contributed by atoms with Gasteiger partial charge in [-0.1, -0.05) is 65.4 Å². The van der Waals surface area contributed by atoms with E-state index in [4.69, 9.17) is 4.74 Å². The Balaban J connectivity index is 1.91. The fourth-order valence-electron chi connectivity index (χ4n) is 3.38. The van der Waals surface area contributed by atoms with Crippen LogP contribution in [0, 0.1) is 0 Å². The van der Waals surface area contributed by atoms with Gasteiger partial charge in [-0.2, -0.15) is 4.68 Å². The van der Waals surface area contributed by atoms with E-state index < -0.39 is 0 Å². The molecule has 2 aromatic carbocycles. The van der Waals surface area contributed by atoms with E-state index in [2.05, 4.69) is 15.5 Å². The van der Waals surface area contributed by atoms with Crippen LogP contribution in [0.15, 0.2) is 41.6 Å². The molecule has 1 aromatic heterocycles. The van der Waals surface area contributed by atoms with Crippen molar-refractivity contribution in [2.45, 2.75) is 57.5 Å². The number of Topliss-reactive ketones (excluding diaryl/α,β-unsaturated/α-hetero) is 1. The van der Waals surface area contributed by atoms with Gasteiger partial charge < -0.3 is 9.84 Å². The minimum Gasteiger partial charge on any atom is -0.507 e. The Labute approximate surface area is 193 Å². The van der Waals surface area contributed by atoms with Crippen molar-refractivity contribution in [1.82, 2.24) is 20.2 Å². The lowest BCUT2D eigenvalue weighted by Gasteiger charge is -2.28. The Bertz CT molecular complexity index is 1090. The number of ether oxygens (including phenoxy) is 1. The van der Waals surface area contributed by atoms with Crippen LogP contribution in [0.25, 0.3) is 5.69 Å². The summed E-state index contributed by atoms with van der Waals surface area (Å²) in [6, 6.07) is 11.0. The van der Waals surface area contributed by atoms with Gasteiger partial charge in [-0.3, -0.25) is 4.79 Å². The average molecular weight is 455 g/mol. The van der Waals surface area contributed by atoms with Gasteiger partial charge >= 0.3 is 0 Å². The number of methoxy groups -OCH3 is 1. The zero-order valence-electron chi connectivity index (χ0n) is 19.6. The molecule has 1 N–H and O–H groups in total. The Morgan fingerprint density at radius 3 is 2.22 bits per heavy atom. The number of carbonyl (C=O) groups is 1. The summed E-state index contributed by atoms with van der Waals surface area (Å²) in [4.78, 5) is 13.2. The smallest absolute Gasteiger partial charge is 0.214 e. The molecule has 0 fully saturated rings. The van der Waals surface area contributed by atoms with Crippen molar-refractivity contribution in [2.24, 2.45) is 0 Å². The molecule has 0 bridgehead atoms. The molecule has 0 aliphatic rings. The Morgan fingerprint density at radius 2 is 1.66 bits per heavy atom. The lowest BCUT2D eigenvalue weighted by molar-refractivity contribution is 0.102. The standard InChI is InChI=1S/C24H30N4O3S/c1-23(2,3)16-12-15(13-17(21(16)30)24(4,5)6)19(29)14-32-22-25-26-27-28(22)18-10-8-9-11-20(18)31-7/h8-13,30H,14H2,1-7H3. The lowest BCUT2D eigenvalue weighted by Crippen LogP contribution is -2.19. The zero-order chi connectivity index (χ0) is 23.7. The van der Waals surface area contributed by atoms with E-state index in [0.717, 1.165) is 11.1 Å². The highest BCUT2D eigenvalue weighted by Gasteiger charge is 2.28. The molecule has 0 amide bonds. The van der Waals surface area contributed by atoms with Crippen molar-refractivity contribution >= 4 is 17.5 Å². The van der Waals surface area contributed by atoms with Crippen LogP contribution in [-0.4, -0.2) is 44.0 Å². The molecule has 3 rings (SSSR count). The topological polar surface area (TPSA) is 90.1 Å². The number of para-hydroxylation sites is 2. The summed E-state index contributed by atoms with van der Waals surface area (Å²) in [7, 11) is 1.59. The fourth-order valence-corrected chi connectivity index (χ4v) is 4.16. The minimum absolute atomic E-state index is 0.0550. The van der Waals surface area contributed by atoms with E-state index in [9.17, 15) is 9.90 Å². The second-order valence-corrected chi connectivity index (χ2v) is 10.6. The molecule has 7 nitrogen and oxygen atoms in total. The molecule has 0 unspecified atom stereocenters. The molecule has 0 aliphatic heterocycles. The van der Waals surface area contributed by atoms with Crippen LogP contribution in [0.5, 0.6) is 11.5 Å². The van der Waals surface area contributed by atoms with E-state index in [1.165, 1.54) is 11.8 Å². The van der Waals surface area contributed by atoms with E-state index in [1.807, 2.05) is 65.8 Å². The number of phenols is 1.